The number of hydrogen-bond donors (Lipinski definition) is 0. The summed E-state index contributed by atoms with van der Waals surface area (Å²) in [6.45, 7) is 1.08. The fourth-order valence-electron chi connectivity index (χ4n) is 3.40. The molecule has 1 aliphatic rings. The van der Waals surface area contributed by atoms with Crippen LogP contribution in [0, 0.1) is 0 Å². The fraction of sp³-hybridized carbons (Fsp3) is 0.261. The van der Waals surface area contributed by atoms with Crippen LogP contribution < -0.4 is 14.2 Å². The van der Waals surface area contributed by atoms with Gasteiger partial charge in [0.1, 0.15) is 0 Å². The molecule has 2 aromatic carbocycles. The Labute approximate surface area is 186 Å². The van der Waals surface area contributed by atoms with Gasteiger partial charge in [0.15, 0.2) is 17.3 Å². The average molecular weight is 448 g/mol. The molecule has 2 aromatic rings. The van der Waals surface area contributed by atoms with Crippen molar-refractivity contribution in [2.75, 3.05) is 41.5 Å². The van der Waals surface area contributed by atoms with Crippen molar-refractivity contribution in [3.8, 4) is 17.2 Å². The first-order chi connectivity index (χ1) is 14.4. The fourth-order valence-corrected chi connectivity index (χ4v) is 3.71. The first kappa shape index (κ1) is 22.2. The Morgan fingerprint density at radius 3 is 1.90 bits per heavy atom. The number of piperidine rings is 1. The smallest absolute Gasteiger partial charge is 0.203 e. The number of rotatable bonds is 5. The summed E-state index contributed by atoms with van der Waals surface area (Å²) in [5, 5.41) is 0.935. The molecule has 158 valence electrons. The van der Waals surface area contributed by atoms with Gasteiger partial charge < -0.3 is 14.2 Å². The van der Waals surface area contributed by atoms with Crippen LogP contribution in [0.5, 0.6) is 17.2 Å². The van der Waals surface area contributed by atoms with E-state index in [0.29, 0.717) is 51.5 Å². The molecular formula is C23H23Cl2NO4. The first-order valence-corrected chi connectivity index (χ1v) is 10.0. The molecule has 0 unspecified atom stereocenters. The van der Waals surface area contributed by atoms with E-state index in [2.05, 4.69) is 4.90 Å². The monoisotopic (exact) mass is 447 g/mol. The van der Waals surface area contributed by atoms with Crippen LogP contribution in [0.4, 0.5) is 0 Å². The average Bonchev–Trinajstić information content (AvgIpc) is 2.73. The molecule has 0 atom stereocenters. The van der Waals surface area contributed by atoms with Crippen LogP contribution in [0.3, 0.4) is 0 Å². The molecule has 0 bridgehead atoms. The van der Waals surface area contributed by atoms with Crippen LogP contribution in [0.15, 0.2) is 41.5 Å². The Morgan fingerprint density at radius 2 is 1.40 bits per heavy atom. The number of Topliss-reactive ketones (excluding diaryl/α,β-unsaturated/α-hetero) is 1. The van der Waals surface area contributed by atoms with Gasteiger partial charge >= 0.3 is 0 Å². The summed E-state index contributed by atoms with van der Waals surface area (Å²) < 4.78 is 16.2. The molecule has 0 N–H and O–H groups in total. The molecule has 1 saturated heterocycles. The van der Waals surface area contributed by atoms with Crippen molar-refractivity contribution < 1.29 is 19.0 Å². The van der Waals surface area contributed by atoms with Gasteiger partial charge in [-0.1, -0.05) is 29.3 Å². The molecule has 0 saturated carbocycles. The maximum Gasteiger partial charge on any atom is 0.203 e. The summed E-state index contributed by atoms with van der Waals surface area (Å²) in [5.74, 6) is 1.57. The zero-order valence-corrected chi connectivity index (χ0v) is 18.8. The van der Waals surface area contributed by atoms with Crippen molar-refractivity contribution in [1.29, 1.82) is 0 Å². The number of hydrogen-bond acceptors (Lipinski definition) is 5. The van der Waals surface area contributed by atoms with Crippen molar-refractivity contribution in [2.24, 2.45) is 0 Å². The normalized spacial score (nSPS) is 17.5. The molecule has 0 spiro atoms. The van der Waals surface area contributed by atoms with Gasteiger partial charge in [0.25, 0.3) is 0 Å². The van der Waals surface area contributed by atoms with Gasteiger partial charge in [-0.15, -0.1) is 0 Å². The highest BCUT2D eigenvalue weighted by molar-refractivity contribution is 6.42. The summed E-state index contributed by atoms with van der Waals surface area (Å²) in [5.41, 5.74) is 2.97. The second kappa shape index (κ2) is 9.56. The minimum Gasteiger partial charge on any atom is -0.493 e. The van der Waals surface area contributed by atoms with Crippen LogP contribution in [0.1, 0.15) is 11.1 Å². The molecule has 0 amide bonds. The van der Waals surface area contributed by atoms with Gasteiger partial charge in [0, 0.05) is 24.2 Å². The maximum absolute atomic E-state index is 13.2. The highest BCUT2D eigenvalue weighted by Gasteiger charge is 2.24. The Morgan fingerprint density at radius 1 is 0.833 bits per heavy atom. The molecule has 7 heteroatoms. The number of likely N-dealkylation sites (N-methyl/N-ethyl adjacent to an activating group) is 1. The second-order valence-corrected chi connectivity index (χ2v) is 7.79. The Hall–Kier alpha value is -2.47. The minimum atomic E-state index is -0.00655. The zero-order chi connectivity index (χ0) is 21.8. The number of carbonyl (C=O) groups is 1. The number of likely N-dealkylation sites (tertiary alicyclic amines) is 1. The van der Waals surface area contributed by atoms with Crippen molar-refractivity contribution in [2.45, 2.75) is 0 Å². The van der Waals surface area contributed by atoms with E-state index >= 15 is 0 Å². The summed E-state index contributed by atoms with van der Waals surface area (Å²) in [4.78, 5) is 15.2. The van der Waals surface area contributed by atoms with E-state index in [0.717, 1.165) is 11.1 Å². The third-order valence-corrected chi connectivity index (χ3v) is 5.52. The summed E-state index contributed by atoms with van der Waals surface area (Å²) >= 11 is 12.1. The Balaban J connectivity index is 1.99. The molecule has 1 heterocycles. The lowest BCUT2D eigenvalue weighted by Gasteiger charge is -2.26. The SMILES string of the molecule is COc1cc(/C=C2\CN(C)C/C(=C\c3ccc(Cl)c(Cl)c3)C2=O)cc(OC)c1OC. The Kier molecular flexibility index (Phi) is 7.08. The predicted molar refractivity (Wildman–Crippen MR) is 121 cm³/mol. The minimum absolute atomic E-state index is 0.00655. The predicted octanol–water partition coefficient (Wildman–Crippen LogP) is 5.00. The molecule has 0 aromatic heterocycles. The lowest BCUT2D eigenvalue weighted by molar-refractivity contribution is -0.113. The van der Waals surface area contributed by atoms with Crippen molar-refractivity contribution in [1.82, 2.24) is 4.90 Å². The van der Waals surface area contributed by atoms with Gasteiger partial charge in [-0.25, -0.2) is 0 Å². The summed E-state index contributed by atoms with van der Waals surface area (Å²) in [6.07, 6.45) is 3.70. The van der Waals surface area contributed by atoms with Crippen molar-refractivity contribution >= 4 is 41.1 Å². The molecule has 0 radical (unpaired) electrons. The maximum atomic E-state index is 13.2. The van der Waals surface area contributed by atoms with Crippen LogP contribution in [0.25, 0.3) is 12.2 Å². The van der Waals surface area contributed by atoms with Crippen molar-refractivity contribution in [3.05, 3.63) is 62.7 Å². The molecule has 1 fully saturated rings. The molecule has 3 rings (SSSR count). The molecule has 5 nitrogen and oxygen atoms in total. The van der Waals surface area contributed by atoms with Crippen LogP contribution >= 0.6 is 23.2 Å². The van der Waals surface area contributed by atoms with Crippen molar-refractivity contribution in [3.63, 3.8) is 0 Å². The van der Waals surface area contributed by atoms with E-state index in [1.165, 1.54) is 0 Å². The second-order valence-electron chi connectivity index (χ2n) is 6.97. The number of ketones is 1. The van der Waals surface area contributed by atoms with Crippen LogP contribution in [-0.2, 0) is 4.79 Å². The number of carbonyl (C=O) groups excluding carboxylic acids is 1. The number of halogens is 2. The number of benzene rings is 2. The van der Waals surface area contributed by atoms with Gasteiger partial charge in [0.05, 0.1) is 31.4 Å². The molecular weight excluding hydrogens is 425 g/mol. The number of ether oxygens (including phenoxy) is 3. The van der Waals surface area contributed by atoms with E-state index in [9.17, 15) is 4.79 Å². The first-order valence-electron chi connectivity index (χ1n) is 9.25. The lowest BCUT2D eigenvalue weighted by Crippen LogP contribution is -2.34. The molecule has 30 heavy (non-hydrogen) atoms. The van der Waals surface area contributed by atoms with Gasteiger partial charge in [-0.05, 0) is 54.6 Å². The quantitative estimate of drug-likeness (QED) is 0.603. The number of nitrogens with zero attached hydrogens (tertiary/aromatic N) is 1. The van der Waals surface area contributed by atoms with E-state index in [1.807, 2.05) is 37.4 Å². The Bertz CT molecular complexity index is 1000. The zero-order valence-electron chi connectivity index (χ0n) is 17.3. The van der Waals surface area contributed by atoms with Gasteiger partial charge in [-0.2, -0.15) is 0 Å². The van der Waals surface area contributed by atoms with E-state index in [1.54, 1.807) is 33.5 Å². The van der Waals surface area contributed by atoms with Gasteiger partial charge in [0.2, 0.25) is 5.75 Å². The van der Waals surface area contributed by atoms with E-state index in [4.69, 9.17) is 37.4 Å². The molecule has 0 aliphatic carbocycles. The van der Waals surface area contributed by atoms with Crippen LogP contribution in [-0.4, -0.2) is 52.1 Å². The standard InChI is InChI=1S/C23H23Cl2NO4/c1-26-12-16(7-14-5-6-18(24)19(25)9-14)22(27)17(13-26)8-15-10-20(28-2)23(30-4)21(11-15)29-3/h5-11H,12-13H2,1-4H3/b16-7+,17-8+. The highest BCUT2D eigenvalue weighted by atomic mass is 35.5. The van der Waals surface area contributed by atoms with Gasteiger partial charge in [-0.3, -0.25) is 9.69 Å². The third kappa shape index (κ3) is 4.81. The lowest BCUT2D eigenvalue weighted by atomic mass is 9.94. The summed E-state index contributed by atoms with van der Waals surface area (Å²) in [6, 6.07) is 8.95. The number of methoxy groups -OCH3 is 3. The topological polar surface area (TPSA) is 48.0 Å². The van der Waals surface area contributed by atoms with E-state index in [-0.39, 0.29) is 5.78 Å². The van der Waals surface area contributed by atoms with Crippen LogP contribution in [0.2, 0.25) is 10.0 Å². The third-order valence-electron chi connectivity index (χ3n) is 4.78. The van der Waals surface area contributed by atoms with E-state index < -0.39 is 0 Å². The molecule has 1 aliphatic heterocycles. The largest absolute Gasteiger partial charge is 0.493 e. The highest BCUT2D eigenvalue weighted by Crippen LogP contribution is 2.39. The summed E-state index contributed by atoms with van der Waals surface area (Å²) in [7, 11) is 6.65.